The number of hydrogen-bond donors (Lipinski definition) is 0. The number of hydrogen-bond acceptors (Lipinski definition) is 4. The molecule has 2 heterocycles. The second-order valence-electron chi connectivity index (χ2n) is 4.63. The fraction of sp³-hybridized carbons (Fsp3) is 0.364. The third kappa shape index (κ3) is 2.55. The van der Waals surface area contributed by atoms with E-state index < -0.39 is 11.6 Å². The van der Waals surface area contributed by atoms with Gasteiger partial charge in [0, 0.05) is 0 Å². The molecule has 17 heavy (non-hydrogen) atoms. The van der Waals surface area contributed by atoms with Crippen molar-refractivity contribution < 1.29 is 9.53 Å². The quantitative estimate of drug-likeness (QED) is 0.578. The molecule has 0 aliphatic carbocycles. The highest BCUT2D eigenvalue weighted by atomic mass is 35.5. The van der Waals surface area contributed by atoms with Gasteiger partial charge in [-0.05, 0) is 32.9 Å². The highest BCUT2D eigenvalue weighted by molar-refractivity contribution is 6.30. The maximum atomic E-state index is 11.8. The predicted octanol–water partition coefficient (Wildman–Crippen LogP) is 2.34. The van der Waals surface area contributed by atoms with E-state index in [2.05, 4.69) is 10.2 Å². The van der Waals surface area contributed by atoms with Gasteiger partial charge in [-0.25, -0.2) is 4.79 Å². The molecule has 90 valence electrons. The van der Waals surface area contributed by atoms with Gasteiger partial charge in [0.05, 0.1) is 5.56 Å². The second kappa shape index (κ2) is 4.00. The Morgan fingerprint density at radius 2 is 2.12 bits per heavy atom. The van der Waals surface area contributed by atoms with Crippen molar-refractivity contribution >= 4 is 23.2 Å². The van der Waals surface area contributed by atoms with Crippen molar-refractivity contribution in [1.29, 1.82) is 0 Å². The van der Waals surface area contributed by atoms with Crippen LogP contribution in [0.3, 0.4) is 0 Å². The van der Waals surface area contributed by atoms with E-state index in [1.165, 1.54) is 12.4 Å². The molecule has 0 N–H and O–H groups in total. The normalized spacial score (nSPS) is 11.8. The van der Waals surface area contributed by atoms with Gasteiger partial charge in [-0.1, -0.05) is 11.6 Å². The van der Waals surface area contributed by atoms with Crippen molar-refractivity contribution in [3.8, 4) is 0 Å². The Kier molecular flexibility index (Phi) is 2.79. The van der Waals surface area contributed by atoms with E-state index in [9.17, 15) is 4.79 Å². The van der Waals surface area contributed by atoms with Gasteiger partial charge in [0.2, 0.25) is 0 Å². The first-order valence-corrected chi connectivity index (χ1v) is 5.47. The fourth-order valence-electron chi connectivity index (χ4n) is 1.34. The Morgan fingerprint density at radius 1 is 1.41 bits per heavy atom. The van der Waals surface area contributed by atoms with Crippen LogP contribution in [0.1, 0.15) is 31.1 Å². The molecule has 0 amide bonds. The number of ether oxygens (including phenoxy) is 1. The number of esters is 1. The van der Waals surface area contributed by atoms with Gasteiger partial charge in [-0.2, -0.15) is 0 Å². The van der Waals surface area contributed by atoms with Crippen LogP contribution >= 0.6 is 11.6 Å². The maximum absolute atomic E-state index is 11.8. The summed E-state index contributed by atoms with van der Waals surface area (Å²) in [5.41, 5.74) is 0.340. The molecule has 2 rings (SSSR count). The van der Waals surface area contributed by atoms with Gasteiger partial charge in [0.25, 0.3) is 0 Å². The Labute approximate surface area is 103 Å². The minimum absolute atomic E-state index is 0.366. The second-order valence-corrected chi connectivity index (χ2v) is 5.02. The lowest BCUT2D eigenvalue weighted by atomic mass is 10.2. The van der Waals surface area contributed by atoms with Crippen LogP contribution in [0.4, 0.5) is 0 Å². The van der Waals surface area contributed by atoms with Crippen molar-refractivity contribution in [2.24, 2.45) is 0 Å². The molecular weight excluding hydrogens is 242 g/mol. The first-order valence-electron chi connectivity index (χ1n) is 5.09. The lowest BCUT2D eigenvalue weighted by Gasteiger charge is -2.19. The summed E-state index contributed by atoms with van der Waals surface area (Å²) in [5, 5.41) is 7.92. The standard InChI is InChI=1S/C11H12ClN3O2/c1-11(2,3)17-10(16)7-4-8(12)15-6-13-14-9(15)5-7/h4-6H,1-3H3. The zero-order chi connectivity index (χ0) is 12.6. The topological polar surface area (TPSA) is 56.5 Å². The van der Waals surface area contributed by atoms with Crippen molar-refractivity contribution in [3.63, 3.8) is 0 Å². The molecule has 0 atom stereocenters. The number of fused-ring (bicyclic) bond motifs is 1. The van der Waals surface area contributed by atoms with E-state index in [1.54, 1.807) is 10.5 Å². The summed E-state index contributed by atoms with van der Waals surface area (Å²) in [6.07, 6.45) is 1.48. The molecule has 6 heteroatoms. The smallest absolute Gasteiger partial charge is 0.338 e. The van der Waals surface area contributed by atoms with Gasteiger partial charge >= 0.3 is 5.97 Å². The molecule has 0 aliphatic heterocycles. The molecule has 0 bridgehead atoms. The molecular formula is C11H12ClN3O2. The highest BCUT2D eigenvalue weighted by Gasteiger charge is 2.19. The number of halogens is 1. The molecule has 0 unspecified atom stereocenters. The van der Waals surface area contributed by atoms with Gasteiger partial charge in [-0.15, -0.1) is 10.2 Å². The van der Waals surface area contributed by atoms with Crippen LogP contribution in [0.5, 0.6) is 0 Å². The van der Waals surface area contributed by atoms with Gasteiger partial charge in [0.1, 0.15) is 17.1 Å². The largest absolute Gasteiger partial charge is 0.456 e. The zero-order valence-corrected chi connectivity index (χ0v) is 10.5. The van der Waals surface area contributed by atoms with E-state index in [4.69, 9.17) is 16.3 Å². The SMILES string of the molecule is CC(C)(C)OC(=O)c1cc(Cl)n2cnnc2c1. The minimum Gasteiger partial charge on any atom is -0.456 e. The molecule has 0 aromatic carbocycles. The van der Waals surface area contributed by atoms with E-state index in [-0.39, 0.29) is 0 Å². The van der Waals surface area contributed by atoms with Crippen LogP contribution in [0, 0.1) is 0 Å². The number of carbonyl (C=O) groups is 1. The van der Waals surface area contributed by atoms with Crippen LogP contribution in [0.25, 0.3) is 5.65 Å². The van der Waals surface area contributed by atoms with Gasteiger partial charge in [-0.3, -0.25) is 4.40 Å². The van der Waals surface area contributed by atoms with Crippen LogP contribution in [-0.2, 0) is 4.74 Å². The number of pyridine rings is 1. The van der Waals surface area contributed by atoms with Crippen LogP contribution in [-0.4, -0.2) is 26.2 Å². The molecule has 5 nitrogen and oxygen atoms in total. The first kappa shape index (κ1) is 11.9. The predicted molar refractivity (Wildman–Crippen MR) is 63.2 cm³/mol. The third-order valence-corrected chi connectivity index (χ3v) is 2.29. The summed E-state index contributed by atoms with van der Waals surface area (Å²) in [4.78, 5) is 11.8. The number of rotatable bonds is 1. The monoisotopic (exact) mass is 253 g/mol. The van der Waals surface area contributed by atoms with Crippen LogP contribution in [0.2, 0.25) is 5.15 Å². The average Bonchev–Trinajstić information content (AvgIpc) is 2.63. The van der Waals surface area contributed by atoms with E-state index in [0.29, 0.717) is 16.4 Å². The van der Waals surface area contributed by atoms with Crippen molar-refractivity contribution in [3.05, 3.63) is 29.2 Å². The van der Waals surface area contributed by atoms with Gasteiger partial charge in [0.15, 0.2) is 5.65 Å². The summed E-state index contributed by atoms with van der Waals surface area (Å²) in [6.45, 7) is 5.42. The summed E-state index contributed by atoms with van der Waals surface area (Å²) in [7, 11) is 0. The number of nitrogens with zero attached hydrogens (tertiary/aromatic N) is 3. The van der Waals surface area contributed by atoms with Crippen LogP contribution < -0.4 is 0 Å². The Morgan fingerprint density at radius 3 is 2.76 bits per heavy atom. The molecule has 0 saturated heterocycles. The molecule has 0 aliphatic rings. The minimum atomic E-state index is -0.538. The fourth-order valence-corrected chi connectivity index (χ4v) is 1.59. The molecule has 0 fully saturated rings. The summed E-state index contributed by atoms with van der Waals surface area (Å²) >= 11 is 5.99. The van der Waals surface area contributed by atoms with Crippen molar-refractivity contribution in [2.45, 2.75) is 26.4 Å². The maximum Gasteiger partial charge on any atom is 0.338 e. The molecule has 2 aromatic rings. The van der Waals surface area contributed by atoms with E-state index in [0.717, 1.165) is 0 Å². The van der Waals surface area contributed by atoms with Crippen molar-refractivity contribution in [2.75, 3.05) is 0 Å². The zero-order valence-electron chi connectivity index (χ0n) is 9.77. The Bertz CT molecular complexity index is 572. The number of aromatic nitrogens is 3. The molecule has 0 radical (unpaired) electrons. The number of carbonyl (C=O) groups excluding carboxylic acids is 1. The van der Waals surface area contributed by atoms with Gasteiger partial charge < -0.3 is 4.74 Å². The summed E-state index contributed by atoms with van der Waals surface area (Å²) in [6, 6.07) is 3.12. The average molecular weight is 254 g/mol. The highest BCUT2D eigenvalue weighted by Crippen LogP contribution is 2.17. The molecule has 2 aromatic heterocycles. The van der Waals surface area contributed by atoms with E-state index in [1.807, 2.05) is 20.8 Å². The van der Waals surface area contributed by atoms with Crippen LogP contribution in [0.15, 0.2) is 18.5 Å². The van der Waals surface area contributed by atoms with Crippen molar-refractivity contribution in [1.82, 2.24) is 14.6 Å². The lowest BCUT2D eigenvalue weighted by molar-refractivity contribution is 0.00695. The lowest BCUT2D eigenvalue weighted by Crippen LogP contribution is -2.24. The summed E-state index contributed by atoms with van der Waals surface area (Å²) in [5.74, 6) is -0.426. The Hall–Kier alpha value is -1.62. The third-order valence-electron chi connectivity index (χ3n) is 2.00. The van der Waals surface area contributed by atoms with E-state index >= 15 is 0 Å². The molecule has 0 saturated carbocycles. The summed E-state index contributed by atoms with van der Waals surface area (Å²) < 4.78 is 6.83. The first-order chi connectivity index (χ1) is 7.87. The Balaban J connectivity index is 2.39. The molecule has 0 spiro atoms.